The van der Waals surface area contributed by atoms with Crippen molar-refractivity contribution < 1.29 is 18.0 Å². The van der Waals surface area contributed by atoms with Crippen molar-refractivity contribution in [2.45, 2.75) is 39.2 Å². The molecule has 0 bridgehead atoms. The van der Waals surface area contributed by atoms with Gasteiger partial charge in [-0.15, -0.1) is 0 Å². The topological polar surface area (TPSA) is 82.5 Å². The minimum Gasteiger partial charge on any atom is -0.382 e. The molecule has 3 aliphatic rings. The van der Waals surface area contributed by atoms with Gasteiger partial charge < -0.3 is 9.74 Å². The molecule has 3 rings (SSSR count). The van der Waals surface area contributed by atoms with Gasteiger partial charge in [-0.25, -0.2) is 0 Å². The third kappa shape index (κ3) is 3.43. The summed E-state index contributed by atoms with van der Waals surface area (Å²) in [5, 5.41) is 4.00. The average Bonchev–Trinajstić information content (AvgIpc) is 3.26. The Labute approximate surface area is 143 Å². The lowest BCUT2D eigenvalue weighted by atomic mass is 10.0. The zero-order chi connectivity index (χ0) is 17.3. The van der Waals surface area contributed by atoms with E-state index >= 15 is 0 Å². The molecule has 0 radical (unpaired) electrons. The van der Waals surface area contributed by atoms with Gasteiger partial charge in [-0.2, -0.15) is 17.0 Å². The fourth-order valence-corrected chi connectivity index (χ4v) is 4.97. The van der Waals surface area contributed by atoms with Crippen molar-refractivity contribution in [2.75, 3.05) is 39.3 Å². The largest absolute Gasteiger partial charge is 0.382 e. The van der Waals surface area contributed by atoms with Crippen LogP contribution in [0.4, 0.5) is 0 Å². The standard InChI is InChI=1S/C15H26N4O4S/c1-12(2)13-11-14(23-16-13)15(20)17-7-9-19(10-8-17)24(21,22)18-5-3-4-6-18/h12,14H,3-11H2,1-2H3. The van der Waals surface area contributed by atoms with Crippen LogP contribution in [0.1, 0.15) is 33.1 Å². The molecule has 3 heterocycles. The van der Waals surface area contributed by atoms with E-state index in [1.807, 2.05) is 13.8 Å². The van der Waals surface area contributed by atoms with Crippen molar-refractivity contribution >= 4 is 21.8 Å². The van der Waals surface area contributed by atoms with Crippen LogP contribution in [-0.2, 0) is 19.8 Å². The number of nitrogens with zero attached hydrogens (tertiary/aromatic N) is 4. The van der Waals surface area contributed by atoms with Gasteiger partial charge in [-0.3, -0.25) is 4.79 Å². The predicted octanol–water partition coefficient (Wildman–Crippen LogP) is 0.272. The average molecular weight is 358 g/mol. The first-order chi connectivity index (χ1) is 11.4. The number of oxime groups is 1. The highest BCUT2D eigenvalue weighted by molar-refractivity contribution is 7.86. The quantitative estimate of drug-likeness (QED) is 0.722. The fourth-order valence-electron chi connectivity index (χ4n) is 3.29. The minimum atomic E-state index is -3.38. The molecule has 136 valence electrons. The molecule has 0 aromatic carbocycles. The maximum atomic E-state index is 12.5. The Hall–Kier alpha value is -1.19. The second kappa shape index (κ2) is 6.97. The van der Waals surface area contributed by atoms with Crippen LogP contribution in [0.3, 0.4) is 0 Å². The second-order valence-corrected chi connectivity index (χ2v) is 8.80. The van der Waals surface area contributed by atoms with E-state index in [4.69, 9.17) is 4.84 Å². The van der Waals surface area contributed by atoms with Gasteiger partial charge in [-0.05, 0) is 18.8 Å². The van der Waals surface area contributed by atoms with E-state index in [2.05, 4.69) is 5.16 Å². The van der Waals surface area contributed by atoms with Crippen molar-refractivity contribution in [3.05, 3.63) is 0 Å². The smallest absolute Gasteiger partial charge is 0.282 e. The summed E-state index contributed by atoms with van der Waals surface area (Å²) in [6, 6.07) is 0. The van der Waals surface area contributed by atoms with Gasteiger partial charge in [0.25, 0.3) is 16.1 Å². The number of rotatable bonds is 4. The highest BCUT2D eigenvalue weighted by Crippen LogP contribution is 2.21. The Balaban J connectivity index is 1.53. The molecule has 0 saturated carbocycles. The van der Waals surface area contributed by atoms with Crippen LogP contribution in [0.25, 0.3) is 0 Å². The van der Waals surface area contributed by atoms with Gasteiger partial charge in [-0.1, -0.05) is 19.0 Å². The van der Waals surface area contributed by atoms with Gasteiger partial charge in [0.2, 0.25) is 6.10 Å². The Bertz CT molecular complexity index is 605. The summed E-state index contributed by atoms with van der Waals surface area (Å²) in [5.41, 5.74) is 0.906. The first-order valence-corrected chi connectivity index (χ1v) is 10.1. The van der Waals surface area contributed by atoms with E-state index in [1.165, 1.54) is 4.31 Å². The van der Waals surface area contributed by atoms with Crippen molar-refractivity contribution in [2.24, 2.45) is 11.1 Å². The SMILES string of the molecule is CC(C)C1=NOC(C(=O)N2CCN(S(=O)(=O)N3CCCC3)CC2)C1. The molecule has 0 aromatic rings. The summed E-state index contributed by atoms with van der Waals surface area (Å²) in [6.45, 7) is 6.75. The molecule has 0 aliphatic carbocycles. The lowest BCUT2D eigenvalue weighted by Gasteiger charge is -2.36. The Morgan fingerprint density at radius 3 is 2.21 bits per heavy atom. The van der Waals surface area contributed by atoms with E-state index < -0.39 is 16.3 Å². The summed E-state index contributed by atoms with van der Waals surface area (Å²) < 4.78 is 28.1. The van der Waals surface area contributed by atoms with Crippen LogP contribution in [0.2, 0.25) is 0 Å². The number of hydrogen-bond donors (Lipinski definition) is 0. The van der Waals surface area contributed by atoms with Crippen LogP contribution in [0, 0.1) is 5.92 Å². The number of carbonyl (C=O) groups is 1. The van der Waals surface area contributed by atoms with Crippen LogP contribution < -0.4 is 0 Å². The summed E-state index contributed by atoms with van der Waals surface area (Å²) in [5.74, 6) is 0.179. The molecule has 8 nitrogen and oxygen atoms in total. The highest BCUT2D eigenvalue weighted by atomic mass is 32.2. The molecule has 1 amide bonds. The summed E-state index contributed by atoms with van der Waals surface area (Å²) in [6.07, 6.45) is 1.83. The molecule has 3 aliphatic heterocycles. The normalized spacial score (nSPS) is 26.7. The van der Waals surface area contributed by atoms with E-state index in [0.717, 1.165) is 18.6 Å². The Kier molecular flexibility index (Phi) is 5.12. The van der Waals surface area contributed by atoms with Crippen molar-refractivity contribution in [1.29, 1.82) is 0 Å². The molecule has 0 aromatic heterocycles. The number of carbonyl (C=O) groups excluding carboxylic acids is 1. The molecule has 0 spiro atoms. The molecule has 2 saturated heterocycles. The zero-order valence-corrected chi connectivity index (χ0v) is 15.2. The van der Waals surface area contributed by atoms with Crippen LogP contribution in [-0.4, -0.2) is 78.9 Å². The van der Waals surface area contributed by atoms with Crippen molar-refractivity contribution in [3.63, 3.8) is 0 Å². The van der Waals surface area contributed by atoms with E-state index in [1.54, 1.807) is 9.21 Å². The van der Waals surface area contributed by atoms with E-state index in [0.29, 0.717) is 45.7 Å². The monoisotopic (exact) mass is 358 g/mol. The van der Waals surface area contributed by atoms with Gasteiger partial charge in [0, 0.05) is 45.7 Å². The van der Waals surface area contributed by atoms with Gasteiger partial charge in [0.15, 0.2) is 0 Å². The lowest BCUT2D eigenvalue weighted by Crippen LogP contribution is -2.55. The van der Waals surface area contributed by atoms with Crippen molar-refractivity contribution in [1.82, 2.24) is 13.5 Å². The maximum Gasteiger partial charge on any atom is 0.282 e. The van der Waals surface area contributed by atoms with Crippen LogP contribution in [0.15, 0.2) is 5.16 Å². The van der Waals surface area contributed by atoms with E-state index in [-0.39, 0.29) is 11.8 Å². The number of amides is 1. The Morgan fingerprint density at radius 1 is 1.08 bits per heavy atom. The highest BCUT2D eigenvalue weighted by Gasteiger charge is 2.38. The molecule has 24 heavy (non-hydrogen) atoms. The van der Waals surface area contributed by atoms with Gasteiger partial charge in [0.05, 0.1) is 5.71 Å². The molecule has 1 unspecified atom stereocenters. The predicted molar refractivity (Wildman–Crippen MR) is 89.6 cm³/mol. The molecular formula is C15H26N4O4S. The second-order valence-electron chi connectivity index (χ2n) is 6.87. The maximum absolute atomic E-state index is 12.5. The third-order valence-electron chi connectivity index (χ3n) is 4.90. The Morgan fingerprint density at radius 2 is 1.67 bits per heavy atom. The minimum absolute atomic E-state index is 0.0902. The molecule has 0 N–H and O–H groups in total. The molecule has 2 fully saturated rings. The van der Waals surface area contributed by atoms with Gasteiger partial charge in [0.1, 0.15) is 0 Å². The summed E-state index contributed by atoms with van der Waals surface area (Å²) >= 11 is 0. The van der Waals surface area contributed by atoms with Crippen molar-refractivity contribution in [3.8, 4) is 0 Å². The zero-order valence-electron chi connectivity index (χ0n) is 14.3. The summed E-state index contributed by atoms with van der Waals surface area (Å²) in [7, 11) is -3.38. The molecular weight excluding hydrogens is 332 g/mol. The molecule has 1 atom stereocenters. The van der Waals surface area contributed by atoms with Crippen LogP contribution >= 0.6 is 0 Å². The van der Waals surface area contributed by atoms with Crippen LogP contribution in [0.5, 0.6) is 0 Å². The first kappa shape index (κ1) is 17.6. The fraction of sp³-hybridized carbons (Fsp3) is 0.867. The van der Waals surface area contributed by atoms with E-state index in [9.17, 15) is 13.2 Å². The summed E-state index contributed by atoms with van der Waals surface area (Å²) in [4.78, 5) is 19.5. The lowest BCUT2D eigenvalue weighted by molar-refractivity contribution is -0.143. The third-order valence-corrected chi connectivity index (χ3v) is 6.94. The number of hydrogen-bond acceptors (Lipinski definition) is 5. The molecule has 9 heteroatoms. The first-order valence-electron chi connectivity index (χ1n) is 8.66. The number of piperazine rings is 1. The van der Waals surface area contributed by atoms with Gasteiger partial charge >= 0.3 is 0 Å².